The minimum Gasteiger partial charge on any atom is -0.248 e. The molecule has 20 heavy (non-hydrogen) atoms. The SMILES string of the molecule is CCOS(=O)(=O)OC(C(F)(F)F)(C(F)(F)F)C(F)(F)F. The van der Waals surface area contributed by atoms with Gasteiger partial charge >= 0.3 is 34.5 Å². The van der Waals surface area contributed by atoms with Gasteiger partial charge in [0, 0.05) is 0 Å². The van der Waals surface area contributed by atoms with Gasteiger partial charge in [-0.05, 0) is 6.92 Å². The van der Waals surface area contributed by atoms with Crippen molar-refractivity contribution in [2.75, 3.05) is 6.61 Å². The zero-order valence-corrected chi connectivity index (χ0v) is 9.97. The van der Waals surface area contributed by atoms with Crippen LogP contribution < -0.4 is 0 Å². The van der Waals surface area contributed by atoms with Gasteiger partial charge in [-0.25, -0.2) is 8.37 Å². The van der Waals surface area contributed by atoms with Gasteiger partial charge in [0.15, 0.2) is 0 Å². The van der Waals surface area contributed by atoms with E-state index in [2.05, 4.69) is 8.37 Å². The molecule has 0 heterocycles. The molecule has 0 aromatic rings. The van der Waals surface area contributed by atoms with Gasteiger partial charge in [0.2, 0.25) is 0 Å². The van der Waals surface area contributed by atoms with Crippen LogP contribution >= 0.6 is 0 Å². The maximum atomic E-state index is 12.3. The summed E-state index contributed by atoms with van der Waals surface area (Å²) < 4.78 is 137. The highest BCUT2D eigenvalue weighted by molar-refractivity contribution is 7.81. The lowest BCUT2D eigenvalue weighted by Crippen LogP contribution is -2.68. The molecule has 0 rings (SSSR count). The highest BCUT2D eigenvalue weighted by atomic mass is 32.3. The predicted octanol–water partition coefficient (Wildman–Crippen LogP) is 2.71. The number of hydrogen-bond donors (Lipinski definition) is 0. The van der Waals surface area contributed by atoms with Crippen LogP contribution in [0, 0.1) is 0 Å². The van der Waals surface area contributed by atoms with Gasteiger partial charge in [-0.15, -0.1) is 0 Å². The fraction of sp³-hybridized carbons (Fsp3) is 1.00. The van der Waals surface area contributed by atoms with E-state index in [1.54, 1.807) is 0 Å². The Labute approximate surface area is 105 Å². The molecule has 0 fully saturated rings. The van der Waals surface area contributed by atoms with Crippen molar-refractivity contribution in [3.05, 3.63) is 0 Å². The first-order valence-electron chi connectivity index (χ1n) is 4.32. The number of rotatable bonds is 4. The Morgan fingerprint density at radius 3 is 1.30 bits per heavy atom. The maximum absolute atomic E-state index is 12.3. The summed E-state index contributed by atoms with van der Waals surface area (Å²) in [6, 6.07) is 0. The van der Waals surface area contributed by atoms with Crippen molar-refractivity contribution in [1.29, 1.82) is 0 Å². The second kappa shape index (κ2) is 5.22. The molecule has 14 heteroatoms. The second-order valence-corrected chi connectivity index (χ2v) is 4.29. The highest BCUT2D eigenvalue weighted by Crippen LogP contribution is 2.55. The highest BCUT2D eigenvalue weighted by Gasteiger charge is 2.87. The molecule has 0 aliphatic rings. The minimum atomic E-state index is -7.15. The van der Waals surface area contributed by atoms with Crippen LogP contribution in [0.5, 0.6) is 0 Å². The lowest BCUT2D eigenvalue weighted by Gasteiger charge is -2.36. The molecule has 0 radical (unpaired) electrons. The molecular weight excluding hydrogens is 339 g/mol. The van der Waals surface area contributed by atoms with Gasteiger partial charge in [-0.2, -0.15) is 47.9 Å². The second-order valence-electron chi connectivity index (χ2n) is 3.07. The molecule has 0 saturated heterocycles. The first kappa shape index (κ1) is 19.2. The van der Waals surface area contributed by atoms with Crippen LogP contribution in [0.3, 0.4) is 0 Å². The maximum Gasteiger partial charge on any atom is 0.437 e. The summed E-state index contributed by atoms with van der Waals surface area (Å²) in [7, 11) is -6.20. The molecule has 0 N–H and O–H groups in total. The summed E-state index contributed by atoms with van der Waals surface area (Å²) in [4.78, 5) is 0. The minimum absolute atomic E-state index is 0.789. The fourth-order valence-electron chi connectivity index (χ4n) is 0.945. The lowest BCUT2D eigenvalue weighted by molar-refractivity contribution is -0.437. The standard InChI is InChI=1S/C6H5F9O4S/c1-2-18-20(16,17)19-3(4(7,8)9,5(10,11)12)6(13,14)15/h2H2,1H3. The van der Waals surface area contributed by atoms with Crippen molar-refractivity contribution in [1.82, 2.24) is 0 Å². The van der Waals surface area contributed by atoms with E-state index in [0.29, 0.717) is 0 Å². The normalized spacial score (nSPS) is 15.5. The van der Waals surface area contributed by atoms with Gasteiger partial charge in [-0.3, -0.25) is 0 Å². The fourth-order valence-corrected chi connectivity index (χ4v) is 1.87. The average Bonchev–Trinajstić information content (AvgIpc) is 2.07. The summed E-state index contributed by atoms with van der Waals surface area (Å²) in [6.07, 6.45) is -21.4. The smallest absolute Gasteiger partial charge is 0.248 e. The summed E-state index contributed by atoms with van der Waals surface area (Å²) in [5.74, 6) is 0. The molecule has 0 atom stereocenters. The summed E-state index contributed by atoms with van der Waals surface area (Å²) in [6.45, 7) is -0.247. The van der Waals surface area contributed by atoms with Crippen LogP contribution in [0.15, 0.2) is 0 Å². The quantitative estimate of drug-likeness (QED) is 0.736. The van der Waals surface area contributed by atoms with E-state index in [1.165, 1.54) is 0 Å². The topological polar surface area (TPSA) is 52.6 Å². The monoisotopic (exact) mass is 344 g/mol. The van der Waals surface area contributed by atoms with E-state index >= 15 is 0 Å². The van der Waals surface area contributed by atoms with Crippen molar-refractivity contribution in [2.45, 2.75) is 31.1 Å². The average molecular weight is 344 g/mol. The van der Waals surface area contributed by atoms with E-state index in [-0.39, 0.29) is 0 Å². The molecule has 0 amide bonds. The van der Waals surface area contributed by atoms with Crippen LogP contribution in [-0.2, 0) is 18.8 Å². The first-order chi connectivity index (χ1) is 8.52. The van der Waals surface area contributed by atoms with Crippen LogP contribution in [-0.4, -0.2) is 39.2 Å². The summed E-state index contributed by atoms with van der Waals surface area (Å²) >= 11 is 0. The summed E-state index contributed by atoms with van der Waals surface area (Å²) in [5.41, 5.74) is -6.92. The van der Waals surface area contributed by atoms with Crippen molar-refractivity contribution in [2.24, 2.45) is 0 Å². The largest absolute Gasteiger partial charge is 0.437 e. The van der Waals surface area contributed by atoms with Crippen molar-refractivity contribution in [3.63, 3.8) is 0 Å². The third-order valence-electron chi connectivity index (χ3n) is 1.69. The van der Waals surface area contributed by atoms with Crippen LogP contribution in [0.1, 0.15) is 6.92 Å². The van der Waals surface area contributed by atoms with E-state index < -0.39 is 41.1 Å². The third-order valence-corrected chi connectivity index (χ3v) is 2.67. The van der Waals surface area contributed by atoms with Gasteiger partial charge in [0.25, 0.3) is 0 Å². The Balaban J connectivity index is 6.22. The van der Waals surface area contributed by atoms with Crippen LogP contribution in [0.2, 0.25) is 0 Å². The van der Waals surface area contributed by atoms with Crippen molar-refractivity contribution < 1.29 is 56.3 Å². The van der Waals surface area contributed by atoms with Crippen molar-refractivity contribution in [3.8, 4) is 0 Å². The Morgan fingerprint density at radius 2 is 1.10 bits per heavy atom. The van der Waals surface area contributed by atoms with E-state index in [9.17, 15) is 47.9 Å². The third kappa shape index (κ3) is 3.46. The van der Waals surface area contributed by atoms with Gasteiger partial charge < -0.3 is 0 Å². The van der Waals surface area contributed by atoms with Gasteiger partial charge in [-0.1, -0.05) is 0 Å². The van der Waals surface area contributed by atoms with Gasteiger partial charge in [0.1, 0.15) is 0 Å². The molecule has 0 aromatic carbocycles. The van der Waals surface area contributed by atoms with E-state index in [4.69, 9.17) is 0 Å². The van der Waals surface area contributed by atoms with Crippen LogP contribution in [0.25, 0.3) is 0 Å². The zero-order chi connectivity index (χ0) is 16.6. The Hall–Kier alpha value is -0.760. The van der Waals surface area contributed by atoms with Crippen LogP contribution in [0.4, 0.5) is 39.5 Å². The first-order valence-corrected chi connectivity index (χ1v) is 5.65. The zero-order valence-electron chi connectivity index (χ0n) is 9.15. The number of halogens is 9. The number of alkyl halides is 9. The Morgan fingerprint density at radius 1 is 0.800 bits per heavy atom. The molecule has 4 nitrogen and oxygen atoms in total. The molecule has 0 aliphatic heterocycles. The van der Waals surface area contributed by atoms with E-state index in [1.807, 2.05) is 0 Å². The Bertz CT molecular complexity index is 395. The molecule has 0 saturated carbocycles. The molecule has 0 unspecified atom stereocenters. The number of hydrogen-bond acceptors (Lipinski definition) is 4. The predicted molar refractivity (Wildman–Crippen MR) is 42.5 cm³/mol. The van der Waals surface area contributed by atoms with E-state index in [0.717, 1.165) is 6.92 Å². The van der Waals surface area contributed by atoms with Gasteiger partial charge in [0.05, 0.1) is 6.61 Å². The molecular formula is C6H5F9O4S. The summed E-state index contributed by atoms with van der Waals surface area (Å²) in [5, 5.41) is 0. The molecule has 0 aliphatic carbocycles. The molecule has 0 bridgehead atoms. The molecule has 122 valence electrons. The molecule has 0 spiro atoms. The lowest BCUT2D eigenvalue weighted by atomic mass is 10.0. The molecule has 0 aromatic heterocycles. The van der Waals surface area contributed by atoms with Crippen molar-refractivity contribution >= 4 is 10.4 Å². The Kier molecular flexibility index (Phi) is 5.02.